The molecule has 1 rings (SSSR count). The van der Waals surface area contributed by atoms with Crippen LogP contribution in [-0.2, 0) is 0 Å². The van der Waals surface area contributed by atoms with E-state index in [1.54, 1.807) is 0 Å². The number of nitrogens with two attached hydrogens (primary N) is 4. The van der Waals surface area contributed by atoms with Crippen molar-refractivity contribution in [3.63, 3.8) is 0 Å². The molecule has 42 heavy (non-hydrogen) atoms. The molecule has 1 fully saturated rings. The van der Waals surface area contributed by atoms with E-state index in [9.17, 15) is 0 Å². The Labute approximate surface area is 262 Å². The van der Waals surface area contributed by atoms with Gasteiger partial charge >= 0.3 is 0 Å². The summed E-state index contributed by atoms with van der Waals surface area (Å²) in [6, 6.07) is 0. The van der Waals surface area contributed by atoms with E-state index in [4.69, 9.17) is 22.9 Å². The van der Waals surface area contributed by atoms with Crippen LogP contribution in [0.15, 0.2) is 0 Å². The van der Waals surface area contributed by atoms with Gasteiger partial charge in [-0.25, -0.2) is 0 Å². The van der Waals surface area contributed by atoms with Gasteiger partial charge in [0, 0.05) is 26.2 Å². The van der Waals surface area contributed by atoms with E-state index in [-0.39, 0.29) is 0 Å². The maximum Gasteiger partial charge on any atom is 0.0109 e. The van der Waals surface area contributed by atoms with E-state index >= 15 is 0 Å². The molecule has 0 aromatic carbocycles. The molecule has 0 radical (unpaired) electrons. The van der Waals surface area contributed by atoms with Gasteiger partial charge < -0.3 is 42.5 Å². The minimum absolute atomic E-state index is 0.831. The fraction of sp³-hybridized carbons (Fsp3) is 1.00. The number of hydrogen-bond acceptors (Lipinski definition) is 8. The van der Waals surface area contributed by atoms with Crippen LogP contribution >= 0.6 is 0 Å². The van der Waals surface area contributed by atoms with Gasteiger partial charge in [-0.3, -0.25) is 0 Å². The first-order valence-corrected chi connectivity index (χ1v) is 18.4. The predicted octanol–water partition coefficient (Wildman–Crippen LogP) is 4.06. The zero-order chi connectivity index (χ0) is 30.4. The smallest absolute Gasteiger partial charge is 0.0109 e. The van der Waals surface area contributed by atoms with Gasteiger partial charge in [0.05, 0.1) is 0 Å². The number of hydrogen-bond donors (Lipinski definition) is 4. The summed E-state index contributed by atoms with van der Waals surface area (Å²) in [5, 5.41) is 0. The molecule has 0 bridgehead atoms. The summed E-state index contributed by atoms with van der Waals surface area (Å²) in [4.78, 5) is 11.1. The summed E-state index contributed by atoms with van der Waals surface area (Å²) >= 11 is 0. The number of rotatable bonds is 24. The molecular formula is C34H76N8. The maximum atomic E-state index is 5.74. The Balaban J connectivity index is 2.78. The molecule has 0 saturated carbocycles. The topological polar surface area (TPSA) is 117 Å². The highest BCUT2D eigenvalue weighted by atomic mass is 15.2. The first kappa shape index (κ1) is 39.7. The van der Waals surface area contributed by atoms with Crippen molar-refractivity contribution in [3.8, 4) is 0 Å². The normalized spacial score (nSPS) is 18.0. The second-order valence-electron chi connectivity index (χ2n) is 12.9. The van der Waals surface area contributed by atoms with E-state index in [0.717, 1.165) is 26.2 Å². The van der Waals surface area contributed by atoms with Crippen LogP contribution < -0.4 is 22.9 Å². The third kappa shape index (κ3) is 24.1. The van der Waals surface area contributed by atoms with Crippen molar-refractivity contribution in [1.82, 2.24) is 19.6 Å². The Morgan fingerprint density at radius 1 is 0.262 bits per heavy atom. The van der Waals surface area contributed by atoms with Gasteiger partial charge in [0.2, 0.25) is 0 Å². The van der Waals surface area contributed by atoms with Gasteiger partial charge in [-0.15, -0.1) is 0 Å². The quantitative estimate of drug-likeness (QED) is 0.123. The fourth-order valence-electron chi connectivity index (χ4n) is 6.28. The average Bonchev–Trinajstić information content (AvgIpc) is 2.99. The molecule has 1 heterocycles. The van der Waals surface area contributed by atoms with E-state index in [1.165, 1.54) is 194 Å². The predicted molar refractivity (Wildman–Crippen MR) is 185 cm³/mol. The van der Waals surface area contributed by atoms with Gasteiger partial charge in [0.25, 0.3) is 0 Å². The minimum atomic E-state index is 0.831. The second-order valence-corrected chi connectivity index (χ2v) is 12.9. The van der Waals surface area contributed by atoms with Crippen LogP contribution in [0.1, 0.15) is 116 Å². The van der Waals surface area contributed by atoms with Crippen LogP contribution in [0.4, 0.5) is 0 Å². The van der Waals surface area contributed by atoms with Gasteiger partial charge in [-0.2, -0.15) is 0 Å². The minimum Gasteiger partial charge on any atom is -0.330 e. The SMILES string of the molecule is NCCCCCCN1CCCN(CCCCCCN)CCN(CCCCCCN)CCCN(CCCCCCN)CC1. The zero-order valence-corrected chi connectivity index (χ0v) is 28.1. The van der Waals surface area contributed by atoms with Crippen LogP contribution in [0.3, 0.4) is 0 Å². The lowest BCUT2D eigenvalue weighted by Gasteiger charge is -2.32. The summed E-state index contributed by atoms with van der Waals surface area (Å²) in [5.41, 5.74) is 23.0. The van der Waals surface area contributed by atoms with Crippen molar-refractivity contribution in [3.05, 3.63) is 0 Å². The summed E-state index contributed by atoms with van der Waals surface area (Å²) in [6.45, 7) is 18.1. The number of nitrogens with zero attached hydrogens (tertiary/aromatic N) is 4. The molecule has 0 amide bonds. The molecule has 8 heteroatoms. The van der Waals surface area contributed by atoms with Gasteiger partial charge in [-0.05, 0) is 143 Å². The molecule has 1 aliphatic rings. The molecule has 0 aliphatic carbocycles. The average molecular weight is 597 g/mol. The third-order valence-electron chi connectivity index (χ3n) is 9.08. The van der Waals surface area contributed by atoms with Crippen molar-refractivity contribution in [1.29, 1.82) is 0 Å². The second kappa shape index (κ2) is 30.7. The van der Waals surface area contributed by atoms with Gasteiger partial charge in [0.1, 0.15) is 0 Å². The van der Waals surface area contributed by atoms with Crippen LogP contribution in [0.5, 0.6) is 0 Å². The maximum absolute atomic E-state index is 5.74. The Morgan fingerprint density at radius 2 is 0.476 bits per heavy atom. The first-order valence-electron chi connectivity index (χ1n) is 18.4. The van der Waals surface area contributed by atoms with Gasteiger partial charge in [-0.1, -0.05) is 51.4 Å². The van der Waals surface area contributed by atoms with Crippen molar-refractivity contribution in [2.24, 2.45) is 22.9 Å². The molecule has 1 saturated heterocycles. The molecular weight excluding hydrogens is 520 g/mol. The summed E-state index contributed by atoms with van der Waals surface area (Å²) in [5.74, 6) is 0. The number of unbranched alkanes of at least 4 members (excludes halogenated alkanes) is 12. The summed E-state index contributed by atoms with van der Waals surface area (Å²) in [6.07, 6.45) is 22.9. The lowest BCUT2D eigenvalue weighted by molar-refractivity contribution is 0.154. The Hall–Kier alpha value is -0.320. The van der Waals surface area contributed by atoms with Crippen molar-refractivity contribution in [2.75, 3.05) is 105 Å². The van der Waals surface area contributed by atoms with E-state index in [1.807, 2.05) is 0 Å². The highest BCUT2D eigenvalue weighted by Crippen LogP contribution is 2.10. The molecule has 252 valence electrons. The third-order valence-corrected chi connectivity index (χ3v) is 9.08. The molecule has 0 unspecified atom stereocenters. The van der Waals surface area contributed by atoms with E-state index < -0.39 is 0 Å². The van der Waals surface area contributed by atoms with Crippen molar-refractivity contribution < 1.29 is 0 Å². The van der Waals surface area contributed by atoms with Crippen molar-refractivity contribution in [2.45, 2.75) is 116 Å². The van der Waals surface area contributed by atoms with Crippen molar-refractivity contribution >= 4 is 0 Å². The summed E-state index contributed by atoms with van der Waals surface area (Å²) < 4.78 is 0. The standard InChI is InChI=1S/C34H76N8/c35-19-9-1-5-13-23-39-27-17-28-41(25-15-7-3-11-21-37)33-34-42(26-16-8-4-12-22-38)30-18-29-40(32-31-39)24-14-6-2-10-20-36/h1-38H2. The highest BCUT2D eigenvalue weighted by Gasteiger charge is 2.15. The van der Waals surface area contributed by atoms with Crippen LogP contribution in [0.25, 0.3) is 0 Å². The summed E-state index contributed by atoms with van der Waals surface area (Å²) in [7, 11) is 0. The lowest BCUT2D eigenvalue weighted by Crippen LogP contribution is -2.42. The van der Waals surface area contributed by atoms with E-state index in [0.29, 0.717) is 0 Å². The lowest BCUT2D eigenvalue weighted by atomic mass is 10.1. The Kier molecular flexibility index (Phi) is 29.0. The fourth-order valence-corrected chi connectivity index (χ4v) is 6.28. The molecule has 8 nitrogen and oxygen atoms in total. The molecule has 0 atom stereocenters. The zero-order valence-electron chi connectivity index (χ0n) is 28.1. The Morgan fingerprint density at radius 3 is 0.690 bits per heavy atom. The van der Waals surface area contributed by atoms with Crippen LogP contribution in [0.2, 0.25) is 0 Å². The monoisotopic (exact) mass is 597 g/mol. The molecule has 0 spiro atoms. The molecule has 0 aromatic rings. The van der Waals surface area contributed by atoms with E-state index in [2.05, 4.69) is 19.6 Å². The first-order chi connectivity index (χ1) is 20.7. The van der Waals surface area contributed by atoms with Crippen LogP contribution in [0, 0.1) is 0 Å². The highest BCUT2D eigenvalue weighted by molar-refractivity contribution is 4.71. The molecule has 8 N–H and O–H groups in total. The molecule has 1 aliphatic heterocycles. The van der Waals surface area contributed by atoms with Crippen LogP contribution in [-0.4, -0.2) is 124 Å². The largest absolute Gasteiger partial charge is 0.330 e. The Bertz CT molecular complexity index is 448. The molecule has 0 aromatic heterocycles. The van der Waals surface area contributed by atoms with Gasteiger partial charge in [0.15, 0.2) is 0 Å².